The lowest BCUT2D eigenvalue weighted by Crippen LogP contribution is -2.15. The van der Waals surface area contributed by atoms with Gasteiger partial charge in [-0.3, -0.25) is 0 Å². The van der Waals surface area contributed by atoms with E-state index in [4.69, 9.17) is 8.83 Å². The Balaban J connectivity index is 0.918. The van der Waals surface area contributed by atoms with E-state index in [1.807, 2.05) is 12.1 Å². The molecular formula is C57H36O2. The molecule has 0 unspecified atom stereocenters. The first-order valence-corrected chi connectivity index (χ1v) is 20.5. The molecule has 1 aliphatic rings. The Bertz CT molecular complexity index is 3690. The van der Waals surface area contributed by atoms with Crippen molar-refractivity contribution in [3.8, 4) is 44.5 Å². The number of rotatable bonds is 3. The van der Waals surface area contributed by atoms with Gasteiger partial charge in [-0.15, -0.1) is 0 Å². The number of benzene rings is 10. The molecule has 1 aliphatic carbocycles. The summed E-state index contributed by atoms with van der Waals surface area (Å²) in [6, 6.07) is 66.4. The number of para-hydroxylation sites is 1. The third-order valence-corrected chi connectivity index (χ3v) is 13.2. The molecule has 0 spiro atoms. The molecule has 10 aromatic carbocycles. The van der Waals surface area contributed by atoms with Gasteiger partial charge >= 0.3 is 0 Å². The summed E-state index contributed by atoms with van der Waals surface area (Å²) in [5.74, 6) is 0. The van der Waals surface area contributed by atoms with E-state index in [0.717, 1.165) is 38.5 Å². The smallest absolute Gasteiger partial charge is 0.143 e. The van der Waals surface area contributed by atoms with E-state index in [9.17, 15) is 0 Å². The maximum Gasteiger partial charge on any atom is 0.143 e. The van der Waals surface area contributed by atoms with Crippen molar-refractivity contribution in [1.29, 1.82) is 0 Å². The van der Waals surface area contributed by atoms with Crippen LogP contribution < -0.4 is 0 Å². The number of hydrogen-bond donors (Lipinski definition) is 0. The summed E-state index contributed by atoms with van der Waals surface area (Å²) in [5.41, 5.74) is 16.3. The zero-order chi connectivity index (χ0) is 39.0. The predicted molar refractivity (Wildman–Crippen MR) is 247 cm³/mol. The summed E-state index contributed by atoms with van der Waals surface area (Å²) in [6.07, 6.45) is 0. The molecule has 0 bridgehead atoms. The average Bonchev–Trinajstić information content (AvgIpc) is 3.92. The van der Waals surface area contributed by atoms with Gasteiger partial charge < -0.3 is 8.83 Å². The Morgan fingerprint density at radius 3 is 1.69 bits per heavy atom. The van der Waals surface area contributed by atoms with Crippen molar-refractivity contribution in [1.82, 2.24) is 0 Å². The van der Waals surface area contributed by atoms with Crippen LogP contribution in [0, 0.1) is 0 Å². The molecule has 0 N–H and O–H groups in total. The van der Waals surface area contributed by atoms with E-state index < -0.39 is 0 Å². The van der Waals surface area contributed by atoms with Gasteiger partial charge in [0.25, 0.3) is 0 Å². The first kappa shape index (κ1) is 32.6. The van der Waals surface area contributed by atoms with Crippen LogP contribution in [0.15, 0.2) is 191 Å². The van der Waals surface area contributed by atoms with E-state index in [2.05, 4.69) is 184 Å². The fourth-order valence-corrected chi connectivity index (χ4v) is 10.6. The molecule has 2 aromatic heterocycles. The molecule has 0 fully saturated rings. The monoisotopic (exact) mass is 752 g/mol. The molecule has 2 heterocycles. The molecule has 0 saturated carbocycles. The van der Waals surface area contributed by atoms with E-state index in [1.54, 1.807) is 0 Å². The van der Waals surface area contributed by atoms with Gasteiger partial charge in [0.15, 0.2) is 0 Å². The molecule has 276 valence electrons. The minimum atomic E-state index is -0.112. The van der Waals surface area contributed by atoms with Gasteiger partial charge in [0.1, 0.15) is 22.3 Å². The minimum Gasteiger partial charge on any atom is -0.456 e. The Labute approximate surface area is 340 Å². The lowest BCUT2D eigenvalue weighted by atomic mass is 9.80. The van der Waals surface area contributed by atoms with Crippen LogP contribution in [-0.4, -0.2) is 0 Å². The minimum absolute atomic E-state index is 0.112. The molecule has 2 heteroatoms. The SMILES string of the molecule is CC1(C)c2ccccc2-c2ccc3oc4c5ccc(-c6ccc(-c7c8ccccc8c(-c8ccc9oc%10ccccc%10c9c8)c8ccccc78)cc6)cc5ccc4c3c21. The van der Waals surface area contributed by atoms with E-state index >= 15 is 0 Å². The van der Waals surface area contributed by atoms with Gasteiger partial charge in [-0.2, -0.15) is 0 Å². The first-order chi connectivity index (χ1) is 29.0. The van der Waals surface area contributed by atoms with Crippen LogP contribution >= 0.6 is 0 Å². The van der Waals surface area contributed by atoms with Gasteiger partial charge in [-0.05, 0) is 125 Å². The molecule has 0 aliphatic heterocycles. The standard InChI is InChI=1S/C57H36O2/c1-57(2)48-17-9-7-11-39(48)45-28-30-51-54(55(45)57)46-27-24-36-31-35(23-26-38(36)56(46)59-51)33-19-21-34(22-20-33)52-41-13-3-5-15-43(41)53(44-16-6-4-14-42(44)52)37-25-29-50-47(32-37)40-12-8-10-18-49(40)58-50/h3-32H,1-2H3. The normalized spacial score (nSPS) is 13.4. The first-order valence-electron chi connectivity index (χ1n) is 20.5. The number of fused-ring (bicyclic) bond motifs is 14. The Kier molecular flexibility index (Phi) is 6.54. The van der Waals surface area contributed by atoms with Crippen LogP contribution in [0.3, 0.4) is 0 Å². The fraction of sp³-hybridized carbons (Fsp3) is 0.0526. The summed E-state index contributed by atoms with van der Waals surface area (Å²) < 4.78 is 12.9. The van der Waals surface area contributed by atoms with Crippen LogP contribution in [0.25, 0.3) is 121 Å². The van der Waals surface area contributed by atoms with Gasteiger partial charge in [-0.25, -0.2) is 0 Å². The van der Waals surface area contributed by atoms with E-state index in [0.29, 0.717) is 0 Å². The van der Waals surface area contributed by atoms with Crippen LogP contribution in [0.5, 0.6) is 0 Å². The van der Waals surface area contributed by atoms with Crippen molar-refractivity contribution in [3.63, 3.8) is 0 Å². The molecular weight excluding hydrogens is 717 g/mol. The third kappa shape index (κ3) is 4.52. The fourth-order valence-electron chi connectivity index (χ4n) is 10.6. The summed E-state index contributed by atoms with van der Waals surface area (Å²) in [6.45, 7) is 4.69. The van der Waals surface area contributed by atoms with Gasteiger partial charge in [0.2, 0.25) is 0 Å². The van der Waals surface area contributed by atoms with Crippen molar-refractivity contribution >= 4 is 76.2 Å². The van der Waals surface area contributed by atoms with Crippen molar-refractivity contribution in [2.75, 3.05) is 0 Å². The predicted octanol–water partition coefficient (Wildman–Crippen LogP) is 16.3. The molecule has 12 aromatic rings. The maximum absolute atomic E-state index is 6.73. The molecule has 59 heavy (non-hydrogen) atoms. The van der Waals surface area contributed by atoms with Crippen molar-refractivity contribution in [2.45, 2.75) is 19.3 Å². The molecule has 2 nitrogen and oxygen atoms in total. The zero-order valence-corrected chi connectivity index (χ0v) is 32.6. The third-order valence-electron chi connectivity index (χ3n) is 13.2. The highest BCUT2D eigenvalue weighted by atomic mass is 16.3. The van der Waals surface area contributed by atoms with Crippen molar-refractivity contribution in [3.05, 3.63) is 193 Å². The average molecular weight is 753 g/mol. The second kappa shape index (κ2) is 11.8. The molecule has 0 atom stereocenters. The maximum atomic E-state index is 6.73. The van der Waals surface area contributed by atoms with Crippen LogP contribution in [0.4, 0.5) is 0 Å². The second-order valence-electron chi connectivity index (χ2n) is 16.7. The Morgan fingerprint density at radius 2 is 0.932 bits per heavy atom. The van der Waals surface area contributed by atoms with Gasteiger partial charge in [0.05, 0.1) is 0 Å². The summed E-state index contributed by atoms with van der Waals surface area (Å²) in [7, 11) is 0. The second-order valence-corrected chi connectivity index (χ2v) is 16.7. The Hall–Kier alpha value is -7.42. The van der Waals surface area contributed by atoms with E-state index in [1.165, 1.54) is 93.3 Å². The molecule has 0 amide bonds. The summed E-state index contributed by atoms with van der Waals surface area (Å²) in [5, 5.41) is 12.0. The number of furan rings is 2. The lowest BCUT2D eigenvalue weighted by Gasteiger charge is -2.22. The zero-order valence-electron chi connectivity index (χ0n) is 32.6. The van der Waals surface area contributed by atoms with Gasteiger partial charge in [0, 0.05) is 32.3 Å². The topological polar surface area (TPSA) is 26.3 Å². The molecule has 0 radical (unpaired) electrons. The highest BCUT2D eigenvalue weighted by Crippen LogP contribution is 2.53. The van der Waals surface area contributed by atoms with Gasteiger partial charge in [-0.1, -0.05) is 153 Å². The summed E-state index contributed by atoms with van der Waals surface area (Å²) >= 11 is 0. The Morgan fingerprint density at radius 1 is 0.356 bits per heavy atom. The van der Waals surface area contributed by atoms with Crippen LogP contribution in [-0.2, 0) is 5.41 Å². The highest BCUT2D eigenvalue weighted by Gasteiger charge is 2.38. The van der Waals surface area contributed by atoms with Crippen molar-refractivity contribution in [2.24, 2.45) is 0 Å². The molecule has 13 rings (SSSR count). The molecule has 0 saturated heterocycles. The highest BCUT2D eigenvalue weighted by molar-refractivity contribution is 6.22. The van der Waals surface area contributed by atoms with Crippen molar-refractivity contribution < 1.29 is 8.83 Å². The number of hydrogen-bond acceptors (Lipinski definition) is 2. The largest absolute Gasteiger partial charge is 0.456 e. The van der Waals surface area contributed by atoms with E-state index in [-0.39, 0.29) is 5.41 Å². The quantitative estimate of drug-likeness (QED) is 0.168. The van der Waals surface area contributed by atoms with Crippen LogP contribution in [0.1, 0.15) is 25.0 Å². The summed E-state index contributed by atoms with van der Waals surface area (Å²) in [4.78, 5) is 0. The van der Waals surface area contributed by atoms with Crippen LogP contribution in [0.2, 0.25) is 0 Å². The lowest BCUT2D eigenvalue weighted by molar-refractivity contribution is 0.658.